The number of aromatic hydroxyl groups is 1. The first-order valence-electron chi connectivity index (χ1n) is 4.11. The van der Waals surface area contributed by atoms with Crippen molar-refractivity contribution in [3.05, 3.63) is 29.3 Å². The number of Topliss-reactive ketones (excluding diaryl/α,β-unsaturated/α-hetero) is 1. The number of ether oxygens (including phenoxy) is 1. The topological polar surface area (TPSA) is 63.6 Å². The molecule has 1 N–H and O–H groups in total. The molecule has 0 heterocycles. The number of phenols is 1. The minimum Gasteiger partial charge on any atom is -0.506 e. The molecule has 0 saturated carbocycles. The van der Waals surface area contributed by atoms with Gasteiger partial charge in [-0.25, -0.2) is 4.79 Å². The Morgan fingerprint density at radius 1 is 1.40 bits per heavy atom. The third-order valence-electron chi connectivity index (χ3n) is 1.86. The molecule has 0 fully saturated rings. The monoisotopic (exact) mass is 272 g/mol. The molecule has 0 aliphatic rings. The van der Waals surface area contributed by atoms with Gasteiger partial charge in [0.25, 0.3) is 0 Å². The Balaban J connectivity index is 3.23. The second-order valence-corrected chi connectivity index (χ2v) is 3.31. The van der Waals surface area contributed by atoms with E-state index in [2.05, 4.69) is 20.7 Å². The fourth-order valence-corrected chi connectivity index (χ4v) is 1.42. The zero-order valence-electron chi connectivity index (χ0n) is 7.99. The van der Waals surface area contributed by atoms with Gasteiger partial charge in [-0.2, -0.15) is 0 Å². The Morgan fingerprint density at radius 3 is 2.53 bits per heavy atom. The molecule has 0 radical (unpaired) electrons. The predicted molar refractivity (Wildman–Crippen MR) is 57.6 cm³/mol. The van der Waals surface area contributed by atoms with Gasteiger partial charge in [-0.3, -0.25) is 4.79 Å². The van der Waals surface area contributed by atoms with Crippen LogP contribution in [0.3, 0.4) is 0 Å². The molecule has 0 amide bonds. The van der Waals surface area contributed by atoms with E-state index in [0.717, 1.165) is 0 Å². The van der Waals surface area contributed by atoms with Crippen LogP contribution in [0.1, 0.15) is 20.7 Å². The van der Waals surface area contributed by atoms with Crippen molar-refractivity contribution in [2.45, 2.75) is 0 Å². The number of hydrogen-bond acceptors (Lipinski definition) is 4. The van der Waals surface area contributed by atoms with Crippen LogP contribution in [0.25, 0.3) is 0 Å². The van der Waals surface area contributed by atoms with E-state index in [0.29, 0.717) is 0 Å². The molecule has 80 valence electrons. The maximum Gasteiger partial charge on any atom is 0.341 e. The van der Waals surface area contributed by atoms with Gasteiger partial charge in [0.15, 0.2) is 5.78 Å². The molecule has 0 atom stereocenters. The van der Waals surface area contributed by atoms with Crippen molar-refractivity contribution in [3.8, 4) is 5.75 Å². The fraction of sp³-hybridized carbons (Fsp3) is 0.200. The molecule has 1 rings (SSSR count). The zero-order valence-corrected chi connectivity index (χ0v) is 9.58. The number of halogens is 1. The number of para-hydroxylation sites is 1. The van der Waals surface area contributed by atoms with E-state index in [9.17, 15) is 14.7 Å². The zero-order chi connectivity index (χ0) is 11.4. The van der Waals surface area contributed by atoms with Gasteiger partial charge >= 0.3 is 5.97 Å². The first kappa shape index (κ1) is 11.7. The van der Waals surface area contributed by atoms with Gasteiger partial charge in [0.2, 0.25) is 0 Å². The van der Waals surface area contributed by atoms with Gasteiger partial charge in [-0.1, -0.05) is 22.0 Å². The minimum absolute atomic E-state index is 0.00991. The molecule has 4 nitrogen and oxygen atoms in total. The summed E-state index contributed by atoms with van der Waals surface area (Å²) in [5.41, 5.74) is 0.0964. The summed E-state index contributed by atoms with van der Waals surface area (Å²) in [5, 5.41) is 9.74. The lowest BCUT2D eigenvalue weighted by Crippen LogP contribution is -2.06. The Labute approximate surface area is 95.0 Å². The maximum absolute atomic E-state index is 11.3. The average Bonchev–Trinajstić information content (AvgIpc) is 2.27. The standard InChI is InChI=1S/C10H9BrO4/c1-15-10(14)7-4-2-3-6(9(7)13)8(12)5-11/h2-4,13H,5H2,1H3. The van der Waals surface area contributed by atoms with Crippen LogP contribution < -0.4 is 0 Å². The van der Waals surface area contributed by atoms with Crippen LogP contribution in [0.2, 0.25) is 0 Å². The number of phenolic OH excluding ortho intramolecular Hbond substituents is 1. The SMILES string of the molecule is COC(=O)c1cccc(C(=O)CBr)c1O. The van der Waals surface area contributed by atoms with Gasteiger partial charge in [-0.15, -0.1) is 0 Å². The van der Waals surface area contributed by atoms with Crippen LogP contribution >= 0.6 is 15.9 Å². The van der Waals surface area contributed by atoms with Gasteiger partial charge in [0, 0.05) is 0 Å². The number of esters is 1. The molecule has 0 bridgehead atoms. The summed E-state index contributed by atoms with van der Waals surface area (Å²) in [6.07, 6.45) is 0. The summed E-state index contributed by atoms with van der Waals surface area (Å²) in [4.78, 5) is 22.5. The number of rotatable bonds is 3. The molecular weight excluding hydrogens is 264 g/mol. The van der Waals surface area contributed by atoms with E-state index in [1.807, 2.05) is 0 Å². The van der Waals surface area contributed by atoms with E-state index < -0.39 is 5.97 Å². The van der Waals surface area contributed by atoms with Crippen LogP contribution in [0.5, 0.6) is 5.75 Å². The number of carbonyl (C=O) groups excluding carboxylic acids is 2. The lowest BCUT2D eigenvalue weighted by atomic mass is 10.1. The lowest BCUT2D eigenvalue weighted by Gasteiger charge is -2.05. The van der Waals surface area contributed by atoms with Crippen LogP contribution in [0.15, 0.2) is 18.2 Å². The molecule has 0 saturated heterocycles. The van der Waals surface area contributed by atoms with Crippen LogP contribution in [0.4, 0.5) is 0 Å². The first-order chi connectivity index (χ1) is 7.11. The molecule has 0 aliphatic carbocycles. The second kappa shape index (κ2) is 4.93. The smallest absolute Gasteiger partial charge is 0.341 e. The van der Waals surface area contributed by atoms with Crippen molar-refractivity contribution in [1.29, 1.82) is 0 Å². The highest BCUT2D eigenvalue weighted by molar-refractivity contribution is 9.09. The van der Waals surface area contributed by atoms with Crippen molar-refractivity contribution in [2.75, 3.05) is 12.4 Å². The van der Waals surface area contributed by atoms with Crippen molar-refractivity contribution in [2.24, 2.45) is 0 Å². The van der Waals surface area contributed by atoms with Crippen molar-refractivity contribution in [1.82, 2.24) is 0 Å². The van der Waals surface area contributed by atoms with Gasteiger partial charge in [0.05, 0.1) is 18.0 Å². The summed E-state index contributed by atoms with van der Waals surface area (Å²) in [6, 6.07) is 4.36. The highest BCUT2D eigenvalue weighted by Gasteiger charge is 2.17. The predicted octanol–water partition coefficient (Wildman–Crippen LogP) is 1.76. The molecule has 0 aromatic heterocycles. The normalized spacial score (nSPS) is 9.73. The van der Waals surface area contributed by atoms with Crippen LogP contribution in [-0.4, -0.2) is 29.3 Å². The Kier molecular flexibility index (Phi) is 3.85. The Hall–Kier alpha value is -1.36. The molecular formula is C10H9BrO4. The number of alkyl halides is 1. The molecule has 5 heteroatoms. The third-order valence-corrected chi connectivity index (χ3v) is 2.37. The molecule has 0 aliphatic heterocycles. The number of carbonyl (C=O) groups is 2. The third kappa shape index (κ3) is 2.36. The summed E-state index contributed by atoms with van der Waals surface area (Å²) < 4.78 is 4.46. The van der Waals surface area contributed by atoms with Crippen molar-refractivity contribution < 1.29 is 19.4 Å². The highest BCUT2D eigenvalue weighted by atomic mass is 79.9. The number of hydrogen-bond donors (Lipinski definition) is 1. The average molecular weight is 273 g/mol. The highest BCUT2D eigenvalue weighted by Crippen LogP contribution is 2.23. The van der Waals surface area contributed by atoms with Crippen LogP contribution in [0, 0.1) is 0 Å². The van der Waals surface area contributed by atoms with Gasteiger partial charge < -0.3 is 9.84 Å². The molecule has 1 aromatic rings. The summed E-state index contributed by atoms with van der Waals surface area (Å²) in [5.74, 6) is -1.30. The molecule has 1 aromatic carbocycles. The number of benzene rings is 1. The van der Waals surface area contributed by atoms with E-state index in [1.165, 1.54) is 25.3 Å². The Bertz CT molecular complexity index is 366. The van der Waals surface area contributed by atoms with Gasteiger partial charge in [-0.05, 0) is 12.1 Å². The van der Waals surface area contributed by atoms with Crippen LogP contribution in [-0.2, 0) is 4.74 Å². The van der Waals surface area contributed by atoms with E-state index >= 15 is 0 Å². The van der Waals surface area contributed by atoms with E-state index in [-0.39, 0.29) is 28.0 Å². The minimum atomic E-state index is -0.670. The second-order valence-electron chi connectivity index (χ2n) is 2.75. The van der Waals surface area contributed by atoms with Crippen molar-refractivity contribution >= 4 is 27.7 Å². The molecule has 0 spiro atoms. The number of ketones is 1. The van der Waals surface area contributed by atoms with E-state index in [4.69, 9.17) is 0 Å². The number of methoxy groups -OCH3 is 1. The first-order valence-corrected chi connectivity index (χ1v) is 5.23. The summed E-state index contributed by atoms with van der Waals surface area (Å²) in [6.45, 7) is 0. The Morgan fingerprint density at radius 2 is 2.00 bits per heavy atom. The molecule has 15 heavy (non-hydrogen) atoms. The van der Waals surface area contributed by atoms with Crippen molar-refractivity contribution in [3.63, 3.8) is 0 Å². The van der Waals surface area contributed by atoms with Gasteiger partial charge in [0.1, 0.15) is 11.3 Å². The lowest BCUT2D eigenvalue weighted by molar-refractivity contribution is 0.0597. The summed E-state index contributed by atoms with van der Waals surface area (Å²) in [7, 11) is 1.21. The molecule has 0 unspecified atom stereocenters. The summed E-state index contributed by atoms with van der Waals surface area (Å²) >= 11 is 2.99. The largest absolute Gasteiger partial charge is 0.506 e. The maximum atomic E-state index is 11.3. The quantitative estimate of drug-likeness (QED) is 0.517. The van der Waals surface area contributed by atoms with E-state index in [1.54, 1.807) is 0 Å². The fourth-order valence-electron chi connectivity index (χ4n) is 1.12.